The third kappa shape index (κ3) is 1.40. The van der Waals surface area contributed by atoms with Crippen molar-refractivity contribution in [3.05, 3.63) is 0 Å². The molecule has 2 fully saturated rings. The molecule has 0 aliphatic carbocycles. The van der Waals surface area contributed by atoms with Crippen molar-refractivity contribution in [1.82, 2.24) is 0 Å². The van der Waals surface area contributed by atoms with Gasteiger partial charge in [0.2, 0.25) is 0 Å². The fraction of sp³-hybridized carbons (Fsp3) is 0.857. The van der Waals surface area contributed by atoms with Crippen molar-refractivity contribution >= 4 is 5.78 Å². The zero-order valence-electron chi connectivity index (χ0n) is 5.47. The molecule has 2 aliphatic heterocycles. The third-order valence-electron chi connectivity index (χ3n) is 2.43. The number of ketones is 1. The van der Waals surface area contributed by atoms with Crippen LogP contribution in [0.2, 0.25) is 2.19 Å². The SMILES string of the molecule is O=C1C[CH]2CC[CH](C1)[Ac]2. The quantitative estimate of drug-likeness (QED) is 0.659. The van der Waals surface area contributed by atoms with Gasteiger partial charge in [0.25, 0.3) is 0 Å². The molecule has 2 atom stereocenters. The Balaban J connectivity index is 2.11. The van der Waals surface area contributed by atoms with Crippen LogP contribution in [0.3, 0.4) is 0 Å². The van der Waals surface area contributed by atoms with Gasteiger partial charge in [-0.1, -0.05) is 0 Å². The van der Waals surface area contributed by atoms with Crippen molar-refractivity contribution in [3.63, 3.8) is 0 Å². The Morgan fingerprint density at radius 1 is 1.22 bits per heavy atom. The maximum absolute atomic E-state index is 11.0. The molecule has 0 aromatic carbocycles. The van der Waals surface area contributed by atoms with Crippen LogP contribution >= 0.6 is 0 Å². The molecule has 0 aromatic heterocycles. The van der Waals surface area contributed by atoms with Crippen LogP contribution in [0.4, 0.5) is 0 Å². The molecule has 2 heteroatoms. The van der Waals surface area contributed by atoms with Crippen LogP contribution in [-0.2, 0) is 4.79 Å². The van der Waals surface area contributed by atoms with Gasteiger partial charge in [-0.3, -0.25) is 0 Å². The van der Waals surface area contributed by atoms with Crippen LogP contribution in [0.15, 0.2) is 0 Å². The fourth-order valence-corrected chi connectivity index (χ4v) is 11.6. The van der Waals surface area contributed by atoms with E-state index in [-0.39, 0.29) is 0 Å². The number of Topliss-reactive ketones (excluding diaryl/α,β-unsaturated/α-hetero) is 1. The summed E-state index contributed by atoms with van der Waals surface area (Å²) in [4.78, 5) is 11.0. The van der Waals surface area contributed by atoms with E-state index in [0.29, 0.717) is 5.78 Å². The van der Waals surface area contributed by atoms with Crippen molar-refractivity contribution in [1.29, 1.82) is 0 Å². The van der Waals surface area contributed by atoms with E-state index in [0.717, 1.165) is 15.0 Å². The van der Waals surface area contributed by atoms with Gasteiger partial charge < -0.3 is 0 Å². The Morgan fingerprint density at radius 3 is 2.33 bits per heavy atom. The first-order valence-electron chi connectivity index (χ1n) is 3.71. The normalized spacial score (nSPS) is 39.8. The van der Waals surface area contributed by atoms with Crippen LogP contribution in [0.1, 0.15) is 25.7 Å². The number of carbonyl (C=O) groups is 1. The van der Waals surface area contributed by atoms with Gasteiger partial charge >= 0.3 is 78.2 Å². The summed E-state index contributed by atoms with van der Waals surface area (Å²) in [5.41, 5.74) is 0. The van der Waals surface area contributed by atoms with E-state index in [1.54, 1.807) is 0 Å². The van der Waals surface area contributed by atoms with E-state index in [9.17, 15) is 4.79 Å². The Kier molecular flexibility index (Phi) is 1.98. The van der Waals surface area contributed by atoms with Gasteiger partial charge in [-0.25, -0.2) is 0 Å². The number of hydrogen-bond acceptors (Lipinski definition) is 1. The molecule has 0 amide bonds. The molecule has 0 radical (unpaired) electrons. The average molecular weight is 337 g/mol. The molecule has 2 aliphatic rings. The molecule has 1 nitrogen and oxygen atoms in total. The topological polar surface area (TPSA) is 17.1 Å². The van der Waals surface area contributed by atoms with Gasteiger partial charge in [0.15, 0.2) is 0 Å². The number of carbonyl (C=O) groups excluding carboxylic acids is 1. The molecule has 2 rings (SSSR count). The predicted molar refractivity (Wildman–Crippen MR) is 31.0 cm³/mol. The van der Waals surface area contributed by atoms with Crippen LogP contribution < -0.4 is 0 Å². The first-order valence-corrected chi connectivity index (χ1v) is 9.19. The third-order valence-corrected chi connectivity index (χ3v) is 11.6. The Labute approximate surface area is 77.1 Å². The van der Waals surface area contributed by atoms with E-state index < -0.39 is 39.7 Å². The standard InChI is InChI=1S/C7H10O.Ac/c8-7-5-3-1-2-4-6-7;/h3-4H,1-2,5-6H2;. The second-order valence-electron chi connectivity index (χ2n) is 3.24. The van der Waals surface area contributed by atoms with Crippen LogP contribution in [-0.4, -0.2) is 5.78 Å². The van der Waals surface area contributed by atoms with E-state index in [1.165, 1.54) is 12.8 Å². The second-order valence-corrected chi connectivity index (χ2v) is 12.6. The average Bonchev–Trinajstić information content (AvgIpc) is 2.11. The molecular formula is C7H10AcO. The summed E-state index contributed by atoms with van der Waals surface area (Å²) in [6.07, 6.45) is 4.85. The molecular weight excluding hydrogens is 327 g/mol. The fourth-order valence-electron chi connectivity index (χ4n) is 2.01. The summed E-state index contributed by atoms with van der Waals surface area (Å²) >= 11 is -0.443. The number of fused-ring (bicyclic) bond motifs is 2. The molecule has 2 heterocycles. The molecule has 9 heavy (non-hydrogen) atoms. The molecule has 2 unspecified atom stereocenters. The summed E-state index contributed by atoms with van der Waals surface area (Å²) in [7, 11) is 0. The minimum absolute atomic E-state index is 0.443. The van der Waals surface area contributed by atoms with Crippen molar-refractivity contribution in [2.45, 2.75) is 27.9 Å². The molecule has 47 valence electrons. The summed E-state index contributed by atoms with van der Waals surface area (Å²) < 4.78 is 2.02. The van der Waals surface area contributed by atoms with E-state index in [2.05, 4.69) is 0 Å². The number of hydrogen-bond donors (Lipinski definition) is 0. The predicted octanol–water partition coefficient (Wildman–Crippen LogP) is 1.81. The van der Waals surface area contributed by atoms with E-state index in [1.807, 2.05) is 0 Å². The summed E-state index contributed by atoms with van der Waals surface area (Å²) in [6.45, 7) is 0. The van der Waals surface area contributed by atoms with Gasteiger partial charge in [0, 0.05) is 0 Å². The van der Waals surface area contributed by atoms with Crippen LogP contribution in [0.25, 0.3) is 0 Å². The van der Waals surface area contributed by atoms with Gasteiger partial charge in [-0.15, -0.1) is 0 Å². The first kappa shape index (κ1) is 6.80. The van der Waals surface area contributed by atoms with E-state index >= 15 is 0 Å². The first-order chi connectivity index (χ1) is 4.34. The zero-order valence-corrected chi connectivity index (χ0v) is 10.2. The molecule has 0 saturated carbocycles. The van der Waals surface area contributed by atoms with Gasteiger partial charge in [-0.2, -0.15) is 0 Å². The van der Waals surface area contributed by atoms with Crippen molar-refractivity contribution in [3.8, 4) is 0 Å². The second kappa shape index (κ2) is 2.63. The number of rotatable bonds is 0. The van der Waals surface area contributed by atoms with Gasteiger partial charge in [0.1, 0.15) is 0 Å². The zero-order chi connectivity index (χ0) is 6.27. The molecule has 2 saturated heterocycles. The van der Waals surface area contributed by atoms with Gasteiger partial charge in [0.05, 0.1) is 0 Å². The van der Waals surface area contributed by atoms with Crippen LogP contribution in [0.5, 0.6) is 0 Å². The maximum atomic E-state index is 11.0. The summed E-state index contributed by atoms with van der Waals surface area (Å²) in [6, 6.07) is 0. The van der Waals surface area contributed by atoms with Crippen LogP contribution in [0, 0.1) is 39.7 Å². The molecule has 2 bridgehead atoms. The molecule has 0 N–H and O–H groups in total. The van der Waals surface area contributed by atoms with Crippen molar-refractivity contribution in [2.24, 2.45) is 0 Å². The summed E-state index contributed by atoms with van der Waals surface area (Å²) in [5.74, 6) is 0.577. The monoisotopic (exact) mass is 337 g/mol. The summed E-state index contributed by atoms with van der Waals surface area (Å²) in [5, 5.41) is 0. The Hall–Kier alpha value is 1.11. The minimum atomic E-state index is -0.443. The van der Waals surface area contributed by atoms with E-state index in [4.69, 9.17) is 0 Å². The molecule has 0 spiro atoms. The Bertz CT molecular complexity index is 130. The molecule has 0 aromatic rings. The Morgan fingerprint density at radius 2 is 1.78 bits per heavy atom. The van der Waals surface area contributed by atoms with Gasteiger partial charge in [-0.05, 0) is 0 Å². The van der Waals surface area contributed by atoms with Crippen molar-refractivity contribution in [2.75, 3.05) is 0 Å². The van der Waals surface area contributed by atoms with Crippen molar-refractivity contribution < 1.29 is 44.5 Å².